The van der Waals surface area contributed by atoms with Crippen LogP contribution in [-0.4, -0.2) is 46.0 Å². The Kier molecular flexibility index (Phi) is 8.25. The predicted octanol–water partition coefficient (Wildman–Crippen LogP) is 2.34. The molecule has 6 heteroatoms. The van der Waals surface area contributed by atoms with Crippen LogP contribution in [-0.2, 0) is 15.3 Å². The zero-order valence-electron chi connectivity index (χ0n) is 15.3. The lowest BCUT2D eigenvalue weighted by molar-refractivity contribution is 0.389. The van der Waals surface area contributed by atoms with E-state index in [2.05, 4.69) is 53.7 Å². The Labute approximate surface area is 146 Å². The molecule has 1 rings (SSSR count). The van der Waals surface area contributed by atoms with Gasteiger partial charge in [0, 0.05) is 31.3 Å². The van der Waals surface area contributed by atoms with Crippen LogP contribution in [0.4, 0.5) is 0 Å². The van der Waals surface area contributed by atoms with Gasteiger partial charge in [0.1, 0.15) is 0 Å². The van der Waals surface area contributed by atoms with Gasteiger partial charge in [-0.25, -0.2) is 8.42 Å². The van der Waals surface area contributed by atoms with Gasteiger partial charge >= 0.3 is 0 Å². The fraction of sp³-hybridized carbons (Fsp3) is 0.611. The lowest BCUT2D eigenvalue weighted by Gasteiger charge is -2.33. The summed E-state index contributed by atoms with van der Waals surface area (Å²) in [7, 11) is -1.26. The van der Waals surface area contributed by atoms with Crippen molar-refractivity contribution in [2.75, 3.05) is 31.6 Å². The molecular weight excluding hydrogens is 322 g/mol. The van der Waals surface area contributed by atoms with E-state index in [4.69, 9.17) is 0 Å². The molecule has 0 aliphatic heterocycles. The van der Waals surface area contributed by atoms with Crippen LogP contribution < -0.4 is 10.6 Å². The van der Waals surface area contributed by atoms with Gasteiger partial charge in [0.05, 0.1) is 5.75 Å². The smallest absolute Gasteiger partial charge is 0.191 e. The molecule has 0 spiro atoms. The topological polar surface area (TPSA) is 70.6 Å². The van der Waals surface area contributed by atoms with Gasteiger partial charge in [0.15, 0.2) is 15.8 Å². The van der Waals surface area contributed by atoms with E-state index >= 15 is 0 Å². The van der Waals surface area contributed by atoms with Gasteiger partial charge in [-0.05, 0) is 18.4 Å². The SMILES string of the molecule is CCC(CC)(CNC(=NC)NCCS(=O)(=O)CC)c1ccccc1. The summed E-state index contributed by atoms with van der Waals surface area (Å²) in [5.41, 5.74) is 1.35. The van der Waals surface area contributed by atoms with E-state index < -0.39 is 9.84 Å². The summed E-state index contributed by atoms with van der Waals surface area (Å²) in [6.07, 6.45) is 2.03. The molecule has 0 amide bonds. The van der Waals surface area contributed by atoms with E-state index in [1.165, 1.54) is 5.56 Å². The maximum absolute atomic E-state index is 11.6. The highest BCUT2D eigenvalue weighted by molar-refractivity contribution is 7.91. The maximum Gasteiger partial charge on any atom is 0.191 e. The first kappa shape index (κ1) is 20.5. The van der Waals surface area contributed by atoms with Crippen molar-refractivity contribution in [1.29, 1.82) is 0 Å². The number of nitrogens with zero attached hydrogens (tertiary/aromatic N) is 1. The molecule has 0 bridgehead atoms. The molecule has 1 aromatic carbocycles. The number of hydrogen-bond acceptors (Lipinski definition) is 3. The first-order valence-electron chi connectivity index (χ1n) is 8.63. The largest absolute Gasteiger partial charge is 0.356 e. The van der Waals surface area contributed by atoms with Crippen LogP contribution in [0.3, 0.4) is 0 Å². The van der Waals surface area contributed by atoms with Crippen LogP contribution in [0.5, 0.6) is 0 Å². The van der Waals surface area contributed by atoms with E-state index in [-0.39, 0.29) is 16.9 Å². The van der Waals surface area contributed by atoms with Crippen molar-refractivity contribution >= 4 is 15.8 Å². The molecule has 2 N–H and O–H groups in total. The summed E-state index contributed by atoms with van der Waals surface area (Å²) in [4.78, 5) is 4.20. The second kappa shape index (κ2) is 9.67. The number of guanidine groups is 1. The van der Waals surface area contributed by atoms with Crippen LogP contribution >= 0.6 is 0 Å². The normalized spacial score (nSPS) is 12.9. The van der Waals surface area contributed by atoms with Crippen molar-refractivity contribution in [2.45, 2.75) is 39.0 Å². The lowest BCUT2D eigenvalue weighted by atomic mass is 9.76. The number of hydrogen-bond donors (Lipinski definition) is 2. The second-order valence-electron chi connectivity index (χ2n) is 5.94. The molecule has 0 radical (unpaired) electrons. The summed E-state index contributed by atoms with van der Waals surface area (Å²) < 4.78 is 23.1. The van der Waals surface area contributed by atoms with E-state index in [1.54, 1.807) is 14.0 Å². The predicted molar refractivity (Wildman–Crippen MR) is 102 cm³/mol. The molecule has 136 valence electrons. The van der Waals surface area contributed by atoms with Crippen molar-refractivity contribution in [2.24, 2.45) is 4.99 Å². The molecule has 0 saturated carbocycles. The van der Waals surface area contributed by atoms with Crippen LogP contribution in [0.15, 0.2) is 35.3 Å². The first-order chi connectivity index (χ1) is 11.4. The molecule has 0 aliphatic carbocycles. The molecule has 0 fully saturated rings. The maximum atomic E-state index is 11.6. The van der Waals surface area contributed by atoms with Gasteiger partial charge in [-0.15, -0.1) is 0 Å². The van der Waals surface area contributed by atoms with Crippen molar-refractivity contribution in [3.8, 4) is 0 Å². The average Bonchev–Trinajstić information content (AvgIpc) is 2.62. The molecule has 1 aromatic rings. The first-order valence-corrected chi connectivity index (χ1v) is 10.5. The highest BCUT2D eigenvalue weighted by Crippen LogP contribution is 2.30. The molecule has 0 unspecified atom stereocenters. The van der Waals surface area contributed by atoms with E-state index in [1.807, 2.05) is 6.07 Å². The van der Waals surface area contributed by atoms with Crippen LogP contribution in [0.25, 0.3) is 0 Å². The quantitative estimate of drug-likeness (QED) is 0.528. The van der Waals surface area contributed by atoms with E-state index in [0.29, 0.717) is 12.5 Å². The molecule has 0 saturated heterocycles. The number of benzene rings is 1. The van der Waals surface area contributed by atoms with Crippen molar-refractivity contribution < 1.29 is 8.42 Å². The minimum atomic E-state index is -2.96. The van der Waals surface area contributed by atoms with Gasteiger partial charge in [-0.1, -0.05) is 51.1 Å². The molecule has 0 aromatic heterocycles. The number of aliphatic imine (C=N–C) groups is 1. The minimum Gasteiger partial charge on any atom is -0.356 e. The third kappa shape index (κ3) is 5.82. The number of rotatable bonds is 9. The Hall–Kier alpha value is -1.56. The molecular formula is C18H31N3O2S. The van der Waals surface area contributed by atoms with Gasteiger partial charge in [-0.2, -0.15) is 0 Å². The number of sulfone groups is 1. The van der Waals surface area contributed by atoms with Crippen molar-refractivity contribution in [1.82, 2.24) is 10.6 Å². The van der Waals surface area contributed by atoms with Gasteiger partial charge in [0.2, 0.25) is 0 Å². The zero-order chi connectivity index (χ0) is 18.1. The number of nitrogens with one attached hydrogen (secondary N) is 2. The highest BCUT2D eigenvalue weighted by atomic mass is 32.2. The van der Waals surface area contributed by atoms with Crippen LogP contribution in [0.1, 0.15) is 39.2 Å². The van der Waals surface area contributed by atoms with E-state index in [9.17, 15) is 8.42 Å². The minimum absolute atomic E-state index is 0.0361. The molecule has 5 nitrogen and oxygen atoms in total. The summed E-state index contributed by atoms with van der Waals surface area (Å²) in [5.74, 6) is 0.933. The van der Waals surface area contributed by atoms with E-state index in [0.717, 1.165) is 19.4 Å². The fourth-order valence-electron chi connectivity index (χ4n) is 2.74. The Morgan fingerprint density at radius 2 is 1.71 bits per heavy atom. The molecule has 0 aliphatic rings. The Morgan fingerprint density at radius 1 is 1.08 bits per heavy atom. The molecule has 0 atom stereocenters. The summed E-state index contributed by atoms with van der Waals surface area (Å²) in [5, 5.41) is 6.45. The van der Waals surface area contributed by atoms with Gasteiger partial charge < -0.3 is 10.6 Å². The Morgan fingerprint density at radius 3 is 2.21 bits per heavy atom. The molecule has 0 heterocycles. The average molecular weight is 354 g/mol. The second-order valence-corrected chi connectivity index (χ2v) is 8.42. The Balaban J connectivity index is 2.68. The fourth-order valence-corrected chi connectivity index (χ4v) is 3.45. The van der Waals surface area contributed by atoms with Crippen LogP contribution in [0.2, 0.25) is 0 Å². The van der Waals surface area contributed by atoms with Crippen molar-refractivity contribution in [3.63, 3.8) is 0 Å². The third-order valence-electron chi connectivity index (χ3n) is 4.70. The van der Waals surface area contributed by atoms with Crippen LogP contribution in [0, 0.1) is 0 Å². The summed E-state index contributed by atoms with van der Waals surface area (Å²) in [6, 6.07) is 10.5. The Bertz CT molecular complexity index is 608. The summed E-state index contributed by atoms with van der Waals surface area (Å²) in [6.45, 7) is 7.18. The zero-order valence-corrected chi connectivity index (χ0v) is 16.1. The third-order valence-corrected chi connectivity index (χ3v) is 6.41. The molecule has 24 heavy (non-hydrogen) atoms. The van der Waals surface area contributed by atoms with Gasteiger partial charge in [-0.3, -0.25) is 4.99 Å². The standard InChI is InChI=1S/C18H31N3O2S/c1-5-18(6-2,16-11-9-8-10-12-16)15-21-17(19-4)20-13-14-24(22,23)7-3/h8-12H,5-7,13-15H2,1-4H3,(H2,19,20,21). The van der Waals surface area contributed by atoms with Gasteiger partial charge in [0.25, 0.3) is 0 Å². The summed E-state index contributed by atoms with van der Waals surface area (Å²) >= 11 is 0. The lowest BCUT2D eigenvalue weighted by Crippen LogP contribution is -2.46. The monoisotopic (exact) mass is 353 g/mol. The van der Waals surface area contributed by atoms with Crippen molar-refractivity contribution in [3.05, 3.63) is 35.9 Å². The highest BCUT2D eigenvalue weighted by Gasteiger charge is 2.28.